The molecule has 3 aromatic carbocycles. The van der Waals surface area contributed by atoms with Crippen molar-refractivity contribution in [2.75, 3.05) is 13.2 Å². The van der Waals surface area contributed by atoms with E-state index in [1.165, 1.54) is 49.4 Å². The third kappa shape index (κ3) is 5.75. The Hall–Kier alpha value is -4.10. The van der Waals surface area contributed by atoms with Gasteiger partial charge in [0.25, 0.3) is 5.91 Å². The Kier molecular flexibility index (Phi) is 7.82. The first kappa shape index (κ1) is 26.1. The first-order chi connectivity index (χ1) is 19.7. The Morgan fingerprint density at radius 3 is 2.20 bits per heavy atom. The third-order valence-corrected chi connectivity index (χ3v) is 8.28. The largest absolute Gasteiger partial charge is 0.490 e. The molecule has 0 unspecified atom stereocenters. The van der Waals surface area contributed by atoms with Gasteiger partial charge in [0.15, 0.2) is 5.17 Å². The zero-order valence-electron chi connectivity index (χ0n) is 22.2. The smallest absolute Gasteiger partial charge is 0.283 e. The molecule has 0 spiro atoms. The molecule has 7 heteroatoms. The number of amidine groups is 2. The normalized spacial score (nSPS) is 18.4. The Labute approximate surface area is 238 Å². The van der Waals surface area contributed by atoms with E-state index in [0.717, 1.165) is 22.6 Å². The Balaban J connectivity index is 1.03. The second-order valence-corrected chi connectivity index (χ2v) is 10.9. The lowest BCUT2D eigenvalue weighted by molar-refractivity contribution is -0.114. The summed E-state index contributed by atoms with van der Waals surface area (Å²) in [6.07, 6.45) is 8.33. The number of nitrogens with one attached hydrogen (secondary N) is 1. The van der Waals surface area contributed by atoms with Crippen molar-refractivity contribution in [3.8, 4) is 11.5 Å². The van der Waals surface area contributed by atoms with Gasteiger partial charge in [0.1, 0.15) is 30.5 Å². The fourth-order valence-electron chi connectivity index (χ4n) is 5.33. The van der Waals surface area contributed by atoms with E-state index < -0.39 is 5.91 Å². The van der Waals surface area contributed by atoms with Crippen LogP contribution in [0.2, 0.25) is 0 Å². The molecule has 0 bridgehead atoms. The maximum atomic E-state index is 12.8. The lowest BCUT2D eigenvalue weighted by atomic mass is 9.84. The van der Waals surface area contributed by atoms with Crippen molar-refractivity contribution in [1.82, 2.24) is 4.90 Å². The van der Waals surface area contributed by atoms with Gasteiger partial charge in [0.05, 0.1) is 11.3 Å². The van der Waals surface area contributed by atoms with Crippen molar-refractivity contribution in [2.45, 2.75) is 38.0 Å². The number of carbonyl (C=O) groups is 1. The topological polar surface area (TPSA) is 75.0 Å². The highest BCUT2D eigenvalue weighted by Gasteiger charge is 2.36. The number of thioether (sulfide) groups is 1. The first-order valence-electron chi connectivity index (χ1n) is 13.8. The van der Waals surface area contributed by atoms with Crippen LogP contribution in [0, 0.1) is 5.41 Å². The molecule has 0 aromatic heterocycles. The molecule has 202 valence electrons. The molecule has 1 N–H and O–H groups in total. The van der Waals surface area contributed by atoms with Crippen molar-refractivity contribution in [2.24, 2.45) is 4.99 Å². The molecule has 6 nitrogen and oxygen atoms in total. The third-order valence-electron chi connectivity index (χ3n) is 7.45. The number of benzene rings is 3. The molecule has 1 fully saturated rings. The molecule has 2 aliphatic heterocycles. The molecule has 1 saturated carbocycles. The van der Waals surface area contributed by atoms with E-state index in [9.17, 15) is 4.79 Å². The fourth-order valence-corrected chi connectivity index (χ4v) is 6.22. The molecule has 2 heterocycles. The van der Waals surface area contributed by atoms with Gasteiger partial charge in [-0.25, -0.2) is 0 Å². The van der Waals surface area contributed by atoms with E-state index in [0.29, 0.717) is 30.0 Å². The van der Waals surface area contributed by atoms with Crippen molar-refractivity contribution in [3.63, 3.8) is 0 Å². The highest BCUT2D eigenvalue weighted by molar-refractivity contribution is 8.17. The molecule has 1 aliphatic carbocycles. The number of nitrogens with zero attached hydrogens (tertiary/aromatic N) is 2. The monoisotopic (exact) mass is 549 g/mol. The predicted octanol–water partition coefficient (Wildman–Crippen LogP) is 7.50. The van der Waals surface area contributed by atoms with Crippen LogP contribution in [-0.2, 0) is 4.79 Å². The number of amides is 1. The summed E-state index contributed by atoms with van der Waals surface area (Å²) in [7, 11) is 0. The van der Waals surface area contributed by atoms with E-state index in [1.54, 1.807) is 11.0 Å². The van der Waals surface area contributed by atoms with Crippen LogP contribution in [0.5, 0.6) is 11.5 Å². The van der Waals surface area contributed by atoms with Crippen molar-refractivity contribution in [1.29, 1.82) is 5.41 Å². The molecular weight excluding hydrogens is 518 g/mol. The average Bonchev–Trinajstić information content (AvgIpc) is 3.43. The molecule has 6 rings (SSSR count). The lowest BCUT2D eigenvalue weighted by Gasteiger charge is -2.26. The maximum absolute atomic E-state index is 12.8. The lowest BCUT2D eigenvalue weighted by Crippen LogP contribution is -2.38. The summed E-state index contributed by atoms with van der Waals surface area (Å²) in [6.45, 7) is 0.873. The summed E-state index contributed by atoms with van der Waals surface area (Å²) < 4.78 is 11.7. The van der Waals surface area contributed by atoms with Crippen LogP contribution in [0.4, 0.5) is 0 Å². The van der Waals surface area contributed by atoms with Crippen LogP contribution in [0.3, 0.4) is 0 Å². The van der Waals surface area contributed by atoms with Crippen molar-refractivity contribution < 1.29 is 14.3 Å². The van der Waals surface area contributed by atoms with Crippen LogP contribution in [-0.4, -0.2) is 35.0 Å². The maximum Gasteiger partial charge on any atom is 0.283 e. The molecule has 3 aliphatic rings. The van der Waals surface area contributed by atoms with Crippen molar-refractivity contribution >= 4 is 40.4 Å². The molecular formula is C33H31N3O3S. The van der Waals surface area contributed by atoms with Gasteiger partial charge in [-0.1, -0.05) is 85.6 Å². The zero-order valence-corrected chi connectivity index (χ0v) is 23.0. The number of aliphatic imine (C=N–C) groups is 1. The summed E-state index contributed by atoms with van der Waals surface area (Å²) in [6, 6.07) is 25.8. The Bertz CT molecular complexity index is 1470. The molecule has 0 saturated heterocycles. The van der Waals surface area contributed by atoms with E-state index in [2.05, 4.69) is 29.3 Å². The van der Waals surface area contributed by atoms with E-state index in [4.69, 9.17) is 14.9 Å². The van der Waals surface area contributed by atoms with E-state index >= 15 is 0 Å². The summed E-state index contributed by atoms with van der Waals surface area (Å²) >= 11 is 1.36. The minimum absolute atomic E-state index is 0.124. The molecule has 0 radical (unpaired) electrons. The van der Waals surface area contributed by atoms with Gasteiger partial charge in [0, 0.05) is 5.41 Å². The first-order valence-corrected chi connectivity index (χ1v) is 14.7. The van der Waals surface area contributed by atoms with Gasteiger partial charge in [-0.15, -0.1) is 0 Å². The van der Waals surface area contributed by atoms with Crippen LogP contribution >= 0.6 is 11.8 Å². The van der Waals surface area contributed by atoms with Crippen LogP contribution in [0.25, 0.3) is 11.8 Å². The van der Waals surface area contributed by atoms with Gasteiger partial charge in [-0.05, 0) is 65.8 Å². The highest BCUT2D eigenvalue weighted by atomic mass is 32.2. The quantitative estimate of drug-likeness (QED) is 0.233. The average molecular weight is 550 g/mol. The minimum atomic E-state index is -0.407. The van der Waals surface area contributed by atoms with Gasteiger partial charge in [0.2, 0.25) is 0 Å². The summed E-state index contributed by atoms with van der Waals surface area (Å²) in [5.74, 6) is 1.99. The molecule has 3 aromatic rings. The number of fused-ring (bicyclic) bond motifs is 1. The highest BCUT2D eigenvalue weighted by Crippen LogP contribution is 2.37. The van der Waals surface area contributed by atoms with Gasteiger partial charge in [-0.2, -0.15) is 4.99 Å². The van der Waals surface area contributed by atoms with Gasteiger partial charge in [-0.3, -0.25) is 15.1 Å². The van der Waals surface area contributed by atoms with E-state index in [-0.39, 0.29) is 11.4 Å². The minimum Gasteiger partial charge on any atom is -0.490 e. The molecule has 1 amide bonds. The number of hydrogen-bond donors (Lipinski definition) is 1. The van der Waals surface area contributed by atoms with Crippen molar-refractivity contribution in [3.05, 3.63) is 107 Å². The Morgan fingerprint density at radius 2 is 1.52 bits per heavy atom. The number of ether oxygens (including phenoxy) is 2. The predicted molar refractivity (Wildman–Crippen MR) is 162 cm³/mol. The second-order valence-electron chi connectivity index (χ2n) is 10.1. The summed E-state index contributed by atoms with van der Waals surface area (Å²) in [4.78, 5) is 18.7. The number of rotatable bonds is 8. The standard InChI is InChI=1S/C33H31N3O3S/c34-31-29(32(37)35-33-36(31)30(22-40-33)26-9-5-2-6-10-26)21-23-11-15-27(16-12-23)38-19-20-39-28-17-13-25(14-18-28)24-7-3-1-4-8-24/h2,5-6,9-18,21-22,24,34H,1,3-4,7-8,19-20H2. The molecule has 40 heavy (non-hydrogen) atoms. The summed E-state index contributed by atoms with van der Waals surface area (Å²) in [5.41, 5.74) is 4.29. The zero-order chi connectivity index (χ0) is 27.3. The Morgan fingerprint density at radius 1 is 0.875 bits per heavy atom. The van der Waals surface area contributed by atoms with Crippen LogP contribution in [0.15, 0.2) is 94.8 Å². The van der Waals surface area contributed by atoms with E-state index in [1.807, 2.05) is 60.0 Å². The fraction of sp³-hybridized carbons (Fsp3) is 0.242. The second kappa shape index (κ2) is 12.0. The SMILES string of the molecule is N=C1C(=Cc2ccc(OCCOc3ccc(C4CCCCC4)cc3)cc2)C(=O)N=C2SC=C(c3ccccc3)N12. The van der Waals surface area contributed by atoms with Gasteiger partial charge < -0.3 is 9.47 Å². The van der Waals surface area contributed by atoms with Gasteiger partial charge >= 0.3 is 0 Å². The molecule has 0 atom stereocenters. The number of carbonyl (C=O) groups excluding carboxylic acids is 1. The van der Waals surface area contributed by atoms with Crippen LogP contribution < -0.4 is 9.47 Å². The number of hydrogen-bond acceptors (Lipinski definition) is 5. The van der Waals surface area contributed by atoms with Crippen LogP contribution in [0.1, 0.15) is 54.7 Å². The summed E-state index contributed by atoms with van der Waals surface area (Å²) in [5, 5.41) is 11.2.